The molecule has 3 N–H and O–H groups in total. The summed E-state index contributed by atoms with van der Waals surface area (Å²) in [5.41, 5.74) is 7.20. The third-order valence-corrected chi connectivity index (χ3v) is 5.78. The van der Waals surface area contributed by atoms with Crippen molar-refractivity contribution in [2.45, 2.75) is 31.8 Å². The molecule has 0 saturated heterocycles. The standard InChI is InChI=1S/C14H17BrN2O3S/c1-9-5-11(7-16)6-13(14(9)15)21(18,19)17-8-12-4-3-10(2)20-12/h3-6,17H,7-8,16H2,1-2H3. The van der Waals surface area contributed by atoms with Crippen molar-refractivity contribution in [3.8, 4) is 0 Å². The van der Waals surface area contributed by atoms with Gasteiger partial charge >= 0.3 is 0 Å². The molecule has 1 aromatic carbocycles. The maximum absolute atomic E-state index is 12.4. The average Bonchev–Trinajstić information content (AvgIpc) is 2.85. The number of halogens is 1. The van der Waals surface area contributed by atoms with Crippen LogP contribution in [-0.2, 0) is 23.1 Å². The minimum atomic E-state index is -3.65. The van der Waals surface area contributed by atoms with Crippen LogP contribution in [0.5, 0.6) is 0 Å². The molecule has 0 amide bonds. The zero-order chi connectivity index (χ0) is 15.6. The zero-order valence-corrected chi connectivity index (χ0v) is 14.2. The quantitative estimate of drug-likeness (QED) is 0.844. The number of nitrogens with one attached hydrogen (secondary N) is 1. The predicted molar refractivity (Wildman–Crippen MR) is 84.2 cm³/mol. The Labute approximate surface area is 132 Å². The highest BCUT2D eigenvalue weighted by Gasteiger charge is 2.20. The van der Waals surface area contributed by atoms with Gasteiger partial charge in [0.15, 0.2) is 0 Å². The number of hydrogen-bond acceptors (Lipinski definition) is 4. The number of rotatable bonds is 5. The molecular formula is C14H17BrN2O3S. The van der Waals surface area contributed by atoms with Crippen molar-refractivity contribution in [3.05, 3.63) is 51.4 Å². The summed E-state index contributed by atoms with van der Waals surface area (Å²) in [6.45, 7) is 4.03. The Hall–Kier alpha value is -1.15. The maximum Gasteiger partial charge on any atom is 0.242 e. The van der Waals surface area contributed by atoms with E-state index in [0.717, 1.165) is 16.9 Å². The SMILES string of the molecule is Cc1ccc(CNS(=O)(=O)c2cc(CN)cc(C)c2Br)o1. The molecule has 0 saturated carbocycles. The number of sulfonamides is 1. The van der Waals surface area contributed by atoms with E-state index < -0.39 is 10.0 Å². The molecule has 0 bridgehead atoms. The summed E-state index contributed by atoms with van der Waals surface area (Å²) in [6.07, 6.45) is 0. The fourth-order valence-corrected chi connectivity index (χ4v) is 4.01. The number of aryl methyl sites for hydroxylation is 2. The van der Waals surface area contributed by atoms with E-state index in [2.05, 4.69) is 20.7 Å². The minimum Gasteiger partial charge on any atom is -0.465 e. The fourth-order valence-electron chi connectivity index (χ4n) is 1.95. The molecule has 2 aromatic rings. The van der Waals surface area contributed by atoms with Crippen LogP contribution < -0.4 is 10.5 Å². The van der Waals surface area contributed by atoms with Crippen LogP contribution in [0.3, 0.4) is 0 Å². The number of benzene rings is 1. The monoisotopic (exact) mass is 372 g/mol. The normalized spacial score (nSPS) is 11.8. The van der Waals surface area contributed by atoms with Gasteiger partial charge in [-0.3, -0.25) is 0 Å². The minimum absolute atomic E-state index is 0.106. The van der Waals surface area contributed by atoms with Crippen LogP contribution in [0.25, 0.3) is 0 Å². The summed E-state index contributed by atoms with van der Waals surface area (Å²) in [6, 6.07) is 6.97. The van der Waals surface area contributed by atoms with Crippen LogP contribution >= 0.6 is 15.9 Å². The Balaban J connectivity index is 2.29. The molecule has 0 unspecified atom stereocenters. The topological polar surface area (TPSA) is 85.3 Å². The molecule has 0 atom stereocenters. The maximum atomic E-state index is 12.4. The van der Waals surface area contributed by atoms with Gasteiger partial charge in [0.2, 0.25) is 10.0 Å². The van der Waals surface area contributed by atoms with Crippen LogP contribution in [-0.4, -0.2) is 8.42 Å². The summed E-state index contributed by atoms with van der Waals surface area (Å²) in [5.74, 6) is 1.31. The molecule has 0 radical (unpaired) electrons. The highest BCUT2D eigenvalue weighted by molar-refractivity contribution is 9.10. The van der Waals surface area contributed by atoms with Gasteiger partial charge in [-0.1, -0.05) is 6.07 Å². The van der Waals surface area contributed by atoms with Crippen molar-refractivity contribution >= 4 is 26.0 Å². The Kier molecular flexibility index (Phi) is 4.88. The Morgan fingerprint density at radius 1 is 1.29 bits per heavy atom. The van der Waals surface area contributed by atoms with Crippen LogP contribution in [0.4, 0.5) is 0 Å². The molecule has 7 heteroatoms. The van der Waals surface area contributed by atoms with Gasteiger partial charge in [0, 0.05) is 11.0 Å². The summed E-state index contributed by atoms with van der Waals surface area (Å²) >= 11 is 3.33. The van der Waals surface area contributed by atoms with Crippen LogP contribution in [0.2, 0.25) is 0 Å². The summed E-state index contributed by atoms with van der Waals surface area (Å²) in [7, 11) is -3.65. The first-order chi connectivity index (χ1) is 9.83. The van der Waals surface area contributed by atoms with Gasteiger partial charge in [0.25, 0.3) is 0 Å². The first kappa shape index (κ1) is 16.2. The van der Waals surface area contributed by atoms with Crippen LogP contribution in [0, 0.1) is 13.8 Å². The molecule has 0 aliphatic carbocycles. The smallest absolute Gasteiger partial charge is 0.242 e. The van der Waals surface area contributed by atoms with Crippen molar-refractivity contribution in [1.29, 1.82) is 0 Å². The molecular weight excluding hydrogens is 356 g/mol. The lowest BCUT2D eigenvalue weighted by Gasteiger charge is -2.11. The van der Waals surface area contributed by atoms with Gasteiger partial charge in [-0.05, 0) is 59.1 Å². The third-order valence-electron chi connectivity index (χ3n) is 3.04. The highest BCUT2D eigenvalue weighted by Crippen LogP contribution is 2.27. The second kappa shape index (κ2) is 6.31. The molecule has 1 heterocycles. The lowest BCUT2D eigenvalue weighted by molar-refractivity contribution is 0.475. The average molecular weight is 373 g/mol. The number of hydrogen-bond donors (Lipinski definition) is 2. The second-order valence-corrected chi connectivity index (χ2v) is 7.29. The lowest BCUT2D eigenvalue weighted by atomic mass is 10.1. The second-order valence-electron chi connectivity index (χ2n) is 4.77. The molecule has 2 rings (SSSR count). The van der Waals surface area contributed by atoms with Crippen molar-refractivity contribution in [2.75, 3.05) is 0 Å². The van der Waals surface area contributed by atoms with Gasteiger partial charge in [0.1, 0.15) is 11.5 Å². The third kappa shape index (κ3) is 3.74. The predicted octanol–water partition coefficient (Wildman–Crippen LogP) is 2.60. The molecule has 0 fully saturated rings. The van der Waals surface area contributed by atoms with E-state index in [1.807, 2.05) is 19.9 Å². The number of furan rings is 1. The fraction of sp³-hybridized carbons (Fsp3) is 0.286. The summed E-state index contributed by atoms with van der Waals surface area (Å²) < 4.78 is 33.3. The van der Waals surface area contributed by atoms with Gasteiger partial charge in [0.05, 0.1) is 11.4 Å². The summed E-state index contributed by atoms with van der Waals surface area (Å²) in [4.78, 5) is 0.186. The molecule has 1 aromatic heterocycles. The molecule has 0 spiro atoms. The molecule has 5 nitrogen and oxygen atoms in total. The van der Waals surface area contributed by atoms with Crippen molar-refractivity contribution in [1.82, 2.24) is 4.72 Å². The van der Waals surface area contributed by atoms with Crippen LogP contribution in [0.15, 0.2) is 38.1 Å². The Morgan fingerprint density at radius 3 is 2.57 bits per heavy atom. The van der Waals surface area contributed by atoms with E-state index in [1.54, 1.807) is 18.2 Å². The van der Waals surface area contributed by atoms with Gasteiger partial charge in [-0.2, -0.15) is 0 Å². The molecule has 21 heavy (non-hydrogen) atoms. The van der Waals surface area contributed by atoms with E-state index in [9.17, 15) is 8.42 Å². The summed E-state index contributed by atoms with van der Waals surface area (Å²) in [5, 5.41) is 0. The lowest BCUT2D eigenvalue weighted by Crippen LogP contribution is -2.24. The van der Waals surface area contributed by atoms with E-state index >= 15 is 0 Å². The molecule has 0 aliphatic rings. The van der Waals surface area contributed by atoms with E-state index in [-0.39, 0.29) is 18.0 Å². The first-order valence-electron chi connectivity index (χ1n) is 6.37. The van der Waals surface area contributed by atoms with Crippen molar-refractivity contribution < 1.29 is 12.8 Å². The first-order valence-corrected chi connectivity index (χ1v) is 8.65. The number of nitrogens with two attached hydrogens (primary N) is 1. The van der Waals surface area contributed by atoms with Crippen LogP contribution in [0.1, 0.15) is 22.6 Å². The molecule has 114 valence electrons. The van der Waals surface area contributed by atoms with Crippen molar-refractivity contribution in [3.63, 3.8) is 0 Å². The highest BCUT2D eigenvalue weighted by atomic mass is 79.9. The van der Waals surface area contributed by atoms with E-state index in [0.29, 0.717) is 10.2 Å². The molecule has 0 aliphatic heterocycles. The van der Waals surface area contributed by atoms with Gasteiger partial charge in [-0.25, -0.2) is 13.1 Å². The van der Waals surface area contributed by atoms with E-state index in [4.69, 9.17) is 10.2 Å². The zero-order valence-electron chi connectivity index (χ0n) is 11.8. The van der Waals surface area contributed by atoms with E-state index in [1.165, 1.54) is 0 Å². The van der Waals surface area contributed by atoms with Gasteiger partial charge in [-0.15, -0.1) is 0 Å². The largest absolute Gasteiger partial charge is 0.465 e. The Bertz CT molecular complexity index is 754. The Morgan fingerprint density at radius 2 is 2.00 bits per heavy atom. The van der Waals surface area contributed by atoms with Crippen molar-refractivity contribution in [2.24, 2.45) is 5.73 Å². The van der Waals surface area contributed by atoms with Gasteiger partial charge < -0.3 is 10.2 Å².